The fourth-order valence-corrected chi connectivity index (χ4v) is 2.10. The third-order valence-electron chi connectivity index (χ3n) is 3.27. The minimum absolute atomic E-state index is 0. The topological polar surface area (TPSA) is 60.2 Å². The van der Waals surface area contributed by atoms with E-state index in [1.165, 1.54) is 5.56 Å². The van der Waals surface area contributed by atoms with Gasteiger partial charge in [0.25, 0.3) is 5.89 Å². The fourth-order valence-electron chi connectivity index (χ4n) is 2.10. The number of morpholine rings is 1. The highest BCUT2D eigenvalue weighted by Gasteiger charge is 2.22. The van der Waals surface area contributed by atoms with Gasteiger partial charge in [0.05, 0.1) is 6.61 Å². The Morgan fingerprint density at radius 1 is 1.30 bits per heavy atom. The molecule has 0 aliphatic carbocycles. The molecule has 108 valence electrons. The van der Waals surface area contributed by atoms with Gasteiger partial charge in [0.1, 0.15) is 6.10 Å². The molecule has 1 aliphatic heterocycles. The van der Waals surface area contributed by atoms with E-state index in [0.717, 1.165) is 25.1 Å². The van der Waals surface area contributed by atoms with Crippen LogP contribution >= 0.6 is 12.4 Å². The molecule has 0 radical (unpaired) electrons. The third-order valence-corrected chi connectivity index (χ3v) is 3.27. The summed E-state index contributed by atoms with van der Waals surface area (Å²) in [6, 6.07) is 8.22. The van der Waals surface area contributed by atoms with Crippen molar-refractivity contribution in [3.05, 3.63) is 35.7 Å². The summed E-state index contributed by atoms with van der Waals surface area (Å²) in [5, 5.41) is 7.27. The highest BCUT2D eigenvalue weighted by atomic mass is 35.5. The maximum Gasteiger partial charge on any atom is 0.257 e. The van der Waals surface area contributed by atoms with Crippen molar-refractivity contribution in [3.8, 4) is 11.4 Å². The second-order valence-corrected chi connectivity index (χ2v) is 4.57. The number of benzene rings is 1. The average Bonchev–Trinajstić information content (AvgIpc) is 2.98. The van der Waals surface area contributed by atoms with Crippen molar-refractivity contribution in [2.75, 3.05) is 19.7 Å². The van der Waals surface area contributed by atoms with Gasteiger partial charge in [-0.25, -0.2) is 0 Å². The molecule has 2 aromatic rings. The van der Waals surface area contributed by atoms with Gasteiger partial charge in [-0.3, -0.25) is 0 Å². The van der Waals surface area contributed by atoms with Gasteiger partial charge in [0.15, 0.2) is 0 Å². The Kier molecular flexibility index (Phi) is 5.11. The van der Waals surface area contributed by atoms with Crippen LogP contribution in [0.3, 0.4) is 0 Å². The van der Waals surface area contributed by atoms with Crippen LogP contribution in [0.5, 0.6) is 0 Å². The smallest absolute Gasteiger partial charge is 0.257 e. The van der Waals surface area contributed by atoms with Gasteiger partial charge in [-0.15, -0.1) is 12.4 Å². The maximum absolute atomic E-state index is 5.59. The number of aryl methyl sites for hydroxylation is 1. The molecule has 3 rings (SSSR count). The summed E-state index contributed by atoms with van der Waals surface area (Å²) in [7, 11) is 0. The molecule has 0 saturated carbocycles. The quantitative estimate of drug-likeness (QED) is 0.942. The molecule has 1 unspecified atom stereocenters. The zero-order valence-electron chi connectivity index (χ0n) is 11.3. The largest absolute Gasteiger partial charge is 0.366 e. The van der Waals surface area contributed by atoms with Crippen molar-refractivity contribution in [1.29, 1.82) is 0 Å². The van der Waals surface area contributed by atoms with Crippen molar-refractivity contribution >= 4 is 12.4 Å². The molecule has 1 aromatic heterocycles. The van der Waals surface area contributed by atoms with Crippen LogP contribution in [0.25, 0.3) is 11.4 Å². The summed E-state index contributed by atoms with van der Waals surface area (Å²) >= 11 is 0. The molecule has 6 heteroatoms. The predicted molar refractivity (Wildman–Crippen MR) is 77.9 cm³/mol. The summed E-state index contributed by atoms with van der Waals surface area (Å²) in [6.45, 7) is 4.40. The molecule has 0 bridgehead atoms. The number of halogens is 1. The second kappa shape index (κ2) is 6.83. The number of hydrogen-bond donors (Lipinski definition) is 1. The number of aromatic nitrogens is 2. The Bertz CT molecular complexity index is 536. The van der Waals surface area contributed by atoms with E-state index >= 15 is 0 Å². The molecule has 0 amide bonds. The lowest BCUT2D eigenvalue weighted by atomic mass is 10.1. The number of nitrogens with one attached hydrogen (secondary N) is 1. The van der Waals surface area contributed by atoms with Crippen LogP contribution < -0.4 is 5.32 Å². The zero-order chi connectivity index (χ0) is 13.1. The lowest BCUT2D eigenvalue weighted by Crippen LogP contribution is -2.33. The predicted octanol–water partition coefficient (Wildman–Crippen LogP) is 2.38. The van der Waals surface area contributed by atoms with Crippen LogP contribution in [0.15, 0.2) is 28.8 Å². The monoisotopic (exact) mass is 295 g/mol. The normalized spacial score (nSPS) is 18.6. The standard InChI is InChI=1S/C14H17N3O2.ClH/c1-2-10-3-5-11(6-4-10)13-16-14(19-17-13)12-9-15-7-8-18-12;/h3-6,12,15H,2,7-9H2,1H3;1H. The summed E-state index contributed by atoms with van der Waals surface area (Å²) in [5.74, 6) is 1.16. The average molecular weight is 296 g/mol. The fraction of sp³-hybridized carbons (Fsp3) is 0.429. The van der Waals surface area contributed by atoms with Gasteiger partial charge in [-0.05, 0) is 12.0 Å². The second-order valence-electron chi connectivity index (χ2n) is 4.57. The zero-order valence-corrected chi connectivity index (χ0v) is 12.2. The van der Waals surface area contributed by atoms with Crippen LogP contribution in [-0.2, 0) is 11.2 Å². The van der Waals surface area contributed by atoms with Crippen molar-refractivity contribution in [2.45, 2.75) is 19.4 Å². The highest BCUT2D eigenvalue weighted by molar-refractivity contribution is 5.85. The first-order valence-corrected chi connectivity index (χ1v) is 6.62. The molecule has 1 fully saturated rings. The van der Waals surface area contributed by atoms with Gasteiger partial charge < -0.3 is 14.6 Å². The lowest BCUT2D eigenvalue weighted by Gasteiger charge is -2.19. The lowest BCUT2D eigenvalue weighted by molar-refractivity contribution is 0.00755. The maximum atomic E-state index is 5.59. The van der Waals surface area contributed by atoms with Gasteiger partial charge >= 0.3 is 0 Å². The molecule has 2 heterocycles. The van der Waals surface area contributed by atoms with Gasteiger partial charge in [-0.1, -0.05) is 36.3 Å². The Labute approximate surface area is 124 Å². The molecule has 0 spiro atoms. The van der Waals surface area contributed by atoms with E-state index in [1.807, 2.05) is 12.1 Å². The van der Waals surface area contributed by atoms with Gasteiger partial charge in [0.2, 0.25) is 5.82 Å². The van der Waals surface area contributed by atoms with E-state index in [2.05, 4.69) is 34.5 Å². The molecule has 1 atom stereocenters. The first-order valence-electron chi connectivity index (χ1n) is 6.62. The molecule has 1 aromatic carbocycles. The first kappa shape index (κ1) is 15.0. The van der Waals surface area contributed by atoms with Crippen molar-refractivity contribution < 1.29 is 9.26 Å². The molecular formula is C14H18ClN3O2. The van der Waals surface area contributed by atoms with E-state index in [1.54, 1.807) is 0 Å². The van der Waals surface area contributed by atoms with E-state index in [4.69, 9.17) is 9.26 Å². The van der Waals surface area contributed by atoms with E-state index in [0.29, 0.717) is 18.3 Å². The van der Waals surface area contributed by atoms with Crippen molar-refractivity contribution in [2.24, 2.45) is 0 Å². The van der Waals surface area contributed by atoms with Gasteiger partial charge in [-0.2, -0.15) is 4.98 Å². The van der Waals surface area contributed by atoms with Crippen LogP contribution in [-0.4, -0.2) is 29.8 Å². The summed E-state index contributed by atoms with van der Waals surface area (Å²) in [6.07, 6.45) is 0.893. The van der Waals surface area contributed by atoms with Crippen LogP contribution in [0.1, 0.15) is 24.5 Å². The third kappa shape index (κ3) is 3.17. The number of hydrogen-bond acceptors (Lipinski definition) is 5. The van der Waals surface area contributed by atoms with Crippen LogP contribution in [0, 0.1) is 0 Å². The van der Waals surface area contributed by atoms with Crippen molar-refractivity contribution in [3.63, 3.8) is 0 Å². The Hall–Kier alpha value is -1.43. The SMILES string of the molecule is CCc1ccc(-c2noc(C3CNCCO3)n2)cc1.Cl. The van der Waals surface area contributed by atoms with E-state index in [9.17, 15) is 0 Å². The van der Waals surface area contributed by atoms with Crippen molar-refractivity contribution in [1.82, 2.24) is 15.5 Å². The highest BCUT2D eigenvalue weighted by Crippen LogP contribution is 2.21. The Morgan fingerprint density at radius 3 is 2.75 bits per heavy atom. The van der Waals surface area contributed by atoms with E-state index < -0.39 is 0 Å². The van der Waals surface area contributed by atoms with Gasteiger partial charge in [0, 0.05) is 18.7 Å². The number of nitrogens with zero attached hydrogens (tertiary/aromatic N) is 2. The molecule has 5 nitrogen and oxygen atoms in total. The number of rotatable bonds is 3. The van der Waals surface area contributed by atoms with Crippen LogP contribution in [0.2, 0.25) is 0 Å². The Balaban J connectivity index is 0.00000147. The summed E-state index contributed by atoms with van der Waals surface area (Å²) in [5.41, 5.74) is 2.27. The minimum atomic E-state index is -0.134. The molecule has 1 aliphatic rings. The summed E-state index contributed by atoms with van der Waals surface area (Å²) < 4.78 is 10.9. The molecule has 20 heavy (non-hydrogen) atoms. The van der Waals surface area contributed by atoms with Crippen LogP contribution in [0.4, 0.5) is 0 Å². The Morgan fingerprint density at radius 2 is 2.10 bits per heavy atom. The number of ether oxygens (including phenoxy) is 1. The summed E-state index contributed by atoms with van der Waals surface area (Å²) in [4.78, 5) is 4.42. The first-order chi connectivity index (χ1) is 9.36. The molecule has 1 saturated heterocycles. The molecular weight excluding hydrogens is 278 g/mol. The van der Waals surface area contributed by atoms with E-state index in [-0.39, 0.29) is 18.5 Å². The minimum Gasteiger partial charge on any atom is -0.366 e. The molecule has 1 N–H and O–H groups in total.